The largest absolute Gasteiger partial charge is 0.507 e. The molecule has 0 bridgehead atoms. The zero-order valence-corrected chi connectivity index (χ0v) is 12.4. The van der Waals surface area contributed by atoms with Gasteiger partial charge in [-0.25, -0.2) is 0 Å². The van der Waals surface area contributed by atoms with Crippen LogP contribution < -0.4 is 5.32 Å². The molecule has 3 nitrogen and oxygen atoms in total. The molecule has 21 heavy (non-hydrogen) atoms. The lowest BCUT2D eigenvalue weighted by Gasteiger charge is -2.16. The van der Waals surface area contributed by atoms with Crippen LogP contribution in [-0.2, 0) is 6.42 Å². The Morgan fingerprint density at radius 2 is 2.14 bits per heavy atom. The number of hydrogen-bond acceptors (Lipinski definition) is 2. The average molecular weight is 302 g/mol. The van der Waals surface area contributed by atoms with E-state index in [-0.39, 0.29) is 17.7 Å². The molecule has 0 unspecified atom stereocenters. The first kappa shape index (κ1) is 14.0. The summed E-state index contributed by atoms with van der Waals surface area (Å²) in [5.74, 6) is -0.222. The van der Waals surface area contributed by atoms with Crippen molar-refractivity contribution in [2.75, 3.05) is 0 Å². The van der Waals surface area contributed by atoms with E-state index in [1.807, 2.05) is 31.2 Å². The molecule has 0 saturated heterocycles. The predicted octanol–water partition coefficient (Wildman–Crippen LogP) is 3.77. The summed E-state index contributed by atoms with van der Waals surface area (Å²) >= 11 is 5.99. The lowest BCUT2D eigenvalue weighted by atomic mass is 10.0. The number of aryl methyl sites for hydroxylation is 2. The second-order valence-corrected chi connectivity index (χ2v) is 5.81. The van der Waals surface area contributed by atoms with Crippen LogP contribution in [-0.4, -0.2) is 11.0 Å². The molecular formula is C17H16ClNO2. The average Bonchev–Trinajstić information content (AvgIpc) is 2.80. The molecular weight excluding hydrogens is 286 g/mol. The Bertz CT molecular complexity index is 692. The number of nitrogens with one attached hydrogen (secondary N) is 1. The molecule has 108 valence electrons. The number of halogens is 1. The third-order valence-electron chi connectivity index (χ3n) is 3.97. The van der Waals surface area contributed by atoms with Gasteiger partial charge in [-0.1, -0.05) is 29.8 Å². The fourth-order valence-electron chi connectivity index (χ4n) is 2.91. The van der Waals surface area contributed by atoms with Gasteiger partial charge in [0.05, 0.1) is 11.6 Å². The van der Waals surface area contributed by atoms with Crippen molar-refractivity contribution in [3.05, 3.63) is 63.7 Å². The van der Waals surface area contributed by atoms with E-state index in [4.69, 9.17) is 11.6 Å². The van der Waals surface area contributed by atoms with Gasteiger partial charge >= 0.3 is 0 Å². The van der Waals surface area contributed by atoms with Gasteiger partial charge in [0.25, 0.3) is 5.91 Å². The fourth-order valence-corrected chi connectivity index (χ4v) is 3.11. The second kappa shape index (κ2) is 5.41. The topological polar surface area (TPSA) is 49.3 Å². The smallest absolute Gasteiger partial charge is 0.255 e. The quantitative estimate of drug-likeness (QED) is 0.887. The number of hydrogen-bond donors (Lipinski definition) is 2. The molecule has 4 heteroatoms. The third kappa shape index (κ3) is 2.61. The molecule has 0 fully saturated rings. The lowest BCUT2D eigenvalue weighted by molar-refractivity contribution is 0.0933. The maximum absolute atomic E-state index is 12.4. The molecule has 0 spiro atoms. The highest BCUT2D eigenvalue weighted by Gasteiger charge is 2.25. The Morgan fingerprint density at radius 3 is 2.90 bits per heavy atom. The Morgan fingerprint density at radius 1 is 1.33 bits per heavy atom. The first-order chi connectivity index (χ1) is 10.1. The van der Waals surface area contributed by atoms with Crippen LogP contribution in [0, 0.1) is 6.92 Å². The van der Waals surface area contributed by atoms with E-state index in [2.05, 4.69) is 5.32 Å². The van der Waals surface area contributed by atoms with Crippen LogP contribution in [0.15, 0.2) is 36.4 Å². The highest BCUT2D eigenvalue weighted by atomic mass is 35.5. The maximum atomic E-state index is 12.4. The van der Waals surface area contributed by atoms with Crippen molar-refractivity contribution >= 4 is 17.5 Å². The van der Waals surface area contributed by atoms with E-state index in [1.165, 1.54) is 11.6 Å². The molecule has 0 aromatic heterocycles. The van der Waals surface area contributed by atoms with Gasteiger partial charge in [0.1, 0.15) is 5.75 Å². The first-order valence-corrected chi connectivity index (χ1v) is 7.32. The molecule has 0 heterocycles. The molecule has 0 saturated carbocycles. The number of phenols is 1. The Hall–Kier alpha value is -2.00. The van der Waals surface area contributed by atoms with Gasteiger partial charge in [0, 0.05) is 5.02 Å². The highest BCUT2D eigenvalue weighted by molar-refractivity contribution is 6.30. The normalized spacial score (nSPS) is 16.6. The summed E-state index contributed by atoms with van der Waals surface area (Å²) < 4.78 is 0. The molecule has 2 aromatic carbocycles. The second-order valence-electron chi connectivity index (χ2n) is 5.38. The van der Waals surface area contributed by atoms with Crippen LogP contribution in [0.4, 0.5) is 0 Å². The van der Waals surface area contributed by atoms with Gasteiger partial charge in [-0.3, -0.25) is 4.79 Å². The summed E-state index contributed by atoms with van der Waals surface area (Å²) in [6, 6.07) is 10.8. The molecule has 2 N–H and O–H groups in total. The third-order valence-corrected chi connectivity index (χ3v) is 4.20. The number of fused-ring (bicyclic) bond motifs is 1. The SMILES string of the molecule is Cc1cccc(O)c1C(=O)N[C@@H]1CCc2cc(Cl)ccc21. The monoisotopic (exact) mass is 301 g/mol. The predicted molar refractivity (Wildman–Crippen MR) is 82.8 cm³/mol. The van der Waals surface area contributed by atoms with E-state index in [0.717, 1.165) is 29.0 Å². The number of phenolic OH excluding ortho intramolecular Hbond substituents is 1. The van der Waals surface area contributed by atoms with E-state index < -0.39 is 0 Å². The molecule has 1 atom stereocenters. The molecule has 1 aliphatic rings. The Kier molecular flexibility index (Phi) is 3.60. The minimum atomic E-state index is -0.238. The number of carbonyl (C=O) groups is 1. The van der Waals surface area contributed by atoms with Gasteiger partial charge in [0.15, 0.2) is 0 Å². The van der Waals surface area contributed by atoms with Gasteiger partial charge in [-0.15, -0.1) is 0 Å². The van der Waals surface area contributed by atoms with Crippen molar-refractivity contribution in [2.24, 2.45) is 0 Å². The standard InChI is InChI=1S/C17H16ClNO2/c1-10-3-2-4-15(20)16(10)17(21)19-14-8-5-11-9-12(18)6-7-13(11)14/h2-4,6-7,9,14,20H,5,8H2,1H3,(H,19,21)/t14-/m1/s1. The van der Waals surface area contributed by atoms with Crippen molar-refractivity contribution in [3.8, 4) is 5.75 Å². The summed E-state index contributed by atoms with van der Waals surface area (Å²) in [4.78, 5) is 12.4. The molecule has 3 rings (SSSR count). The fraction of sp³-hybridized carbons (Fsp3) is 0.235. The summed E-state index contributed by atoms with van der Waals surface area (Å²) in [6.45, 7) is 1.82. The van der Waals surface area contributed by atoms with Crippen LogP contribution >= 0.6 is 11.6 Å². The highest BCUT2D eigenvalue weighted by Crippen LogP contribution is 2.33. The Labute approximate surface area is 128 Å². The van der Waals surface area contributed by atoms with Crippen LogP contribution in [0.2, 0.25) is 5.02 Å². The number of amides is 1. The molecule has 1 aliphatic carbocycles. The summed E-state index contributed by atoms with van der Waals surface area (Å²) in [5, 5.41) is 13.6. The van der Waals surface area contributed by atoms with Crippen molar-refractivity contribution < 1.29 is 9.90 Å². The minimum absolute atomic E-state index is 0.0156. The van der Waals surface area contributed by atoms with Crippen molar-refractivity contribution in [3.63, 3.8) is 0 Å². The molecule has 0 radical (unpaired) electrons. The van der Waals surface area contributed by atoms with E-state index in [1.54, 1.807) is 6.07 Å². The van der Waals surface area contributed by atoms with Crippen LogP contribution in [0.5, 0.6) is 5.75 Å². The maximum Gasteiger partial charge on any atom is 0.255 e. The lowest BCUT2D eigenvalue weighted by Crippen LogP contribution is -2.27. The van der Waals surface area contributed by atoms with E-state index >= 15 is 0 Å². The van der Waals surface area contributed by atoms with Crippen LogP contribution in [0.1, 0.15) is 39.5 Å². The summed E-state index contributed by atoms with van der Waals surface area (Å²) in [5.41, 5.74) is 3.41. The molecule has 1 amide bonds. The van der Waals surface area contributed by atoms with E-state index in [0.29, 0.717) is 5.56 Å². The van der Waals surface area contributed by atoms with E-state index in [9.17, 15) is 9.90 Å². The van der Waals surface area contributed by atoms with Crippen molar-refractivity contribution in [1.29, 1.82) is 0 Å². The minimum Gasteiger partial charge on any atom is -0.507 e. The van der Waals surface area contributed by atoms with Crippen molar-refractivity contribution in [1.82, 2.24) is 5.32 Å². The zero-order chi connectivity index (χ0) is 15.0. The summed E-state index contributed by atoms with van der Waals surface area (Å²) in [7, 11) is 0. The van der Waals surface area contributed by atoms with Crippen LogP contribution in [0.25, 0.3) is 0 Å². The molecule has 2 aromatic rings. The van der Waals surface area contributed by atoms with Crippen LogP contribution in [0.3, 0.4) is 0 Å². The number of rotatable bonds is 2. The zero-order valence-electron chi connectivity index (χ0n) is 11.7. The van der Waals surface area contributed by atoms with Gasteiger partial charge < -0.3 is 10.4 Å². The Balaban J connectivity index is 1.85. The number of benzene rings is 2. The van der Waals surface area contributed by atoms with Gasteiger partial charge in [0.2, 0.25) is 0 Å². The number of aromatic hydroxyl groups is 1. The number of carbonyl (C=O) groups excluding carboxylic acids is 1. The first-order valence-electron chi connectivity index (χ1n) is 6.94. The molecule has 0 aliphatic heterocycles. The van der Waals surface area contributed by atoms with Crippen molar-refractivity contribution in [2.45, 2.75) is 25.8 Å². The van der Waals surface area contributed by atoms with Gasteiger partial charge in [-0.05, 0) is 54.7 Å². The summed E-state index contributed by atoms with van der Waals surface area (Å²) in [6.07, 6.45) is 1.76. The van der Waals surface area contributed by atoms with Gasteiger partial charge in [-0.2, -0.15) is 0 Å².